The van der Waals surface area contributed by atoms with Gasteiger partial charge in [-0.3, -0.25) is 0 Å². The van der Waals surface area contributed by atoms with Gasteiger partial charge in [-0.25, -0.2) is 13.1 Å². The number of rotatable bonds is 9. The summed E-state index contributed by atoms with van der Waals surface area (Å²) in [5.41, 5.74) is 0. The first-order valence-corrected chi connectivity index (χ1v) is 8.22. The summed E-state index contributed by atoms with van der Waals surface area (Å²) in [5, 5.41) is 2.90. The zero-order chi connectivity index (χ0) is 14.3. The maximum Gasteiger partial charge on any atom is 0.284 e. The summed E-state index contributed by atoms with van der Waals surface area (Å²) >= 11 is 0.497. The second-order valence-corrected chi connectivity index (χ2v) is 6.66. The van der Waals surface area contributed by atoms with Gasteiger partial charge in [0, 0.05) is 6.54 Å². The van der Waals surface area contributed by atoms with Gasteiger partial charge in [-0.05, 0) is 19.2 Å². The largest absolute Gasteiger partial charge is 0.464 e. The van der Waals surface area contributed by atoms with Gasteiger partial charge in [0.1, 0.15) is 11.5 Å². The first kappa shape index (κ1) is 16.4. The van der Waals surface area contributed by atoms with Gasteiger partial charge in [-0.1, -0.05) is 11.8 Å². The Morgan fingerprint density at radius 1 is 1.37 bits per heavy atom. The number of halogens is 2. The van der Waals surface area contributed by atoms with Crippen LogP contribution in [0.3, 0.4) is 0 Å². The molecule has 0 amide bonds. The average Bonchev–Trinajstić information content (AvgIpc) is 2.80. The molecule has 9 heteroatoms. The van der Waals surface area contributed by atoms with Crippen LogP contribution in [0.15, 0.2) is 16.5 Å². The second-order valence-electron chi connectivity index (χ2n) is 3.64. The molecular weight excluding hydrogens is 298 g/mol. The molecule has 0 bridgehead atoms. The number of sulfonamides is 1. The van der Waals surface area contributed by atoms with Crippen LogP contribution in [0.2, 0.25) is 0 Å². The molecule has 0 atom stereocenters. The molecule has 1 heterocycles. The minimum absolute atomic E-state index is 0.0295. The van der Waals surface area contributed by atoms with Crippen molar-refractivity contribution in [1.29, 1.82) is 0 Å². The Kier molecular flexibility index (Phi) is 6.76. The lowest BCUT2D eigenvalue weighted by molar-refractivity contribution is 0.251. The van der Waals surface area contributed by atoms with Crippen LogP contribution in [0.4, 0.5) is 8.78 Å². The van der Waals surface area contributed by atoms with Crippen LogP contribution in [0, 0.1) is 0 Å². The van der Waals surface area contributed by atoms with Crippen LogP contribution in [0.5, 0.6) is 0 Å². The molecule has 0 aliphatic rings. The van der Waals surface area contributed by atoms with E-state index in [1.807, 2.05) is 0 Å². The quantitative estimate of drug-likeness (QED) is 0.674. The summed E-state index contributed by atoms with van der Waals surface area (Å²) in [7, 11) is -1.86. The number of thioether (sulfide) groups is 1. The summed E-state index contributed by atoms with van der Waals surface area (Å²) < 4.78 is 53.7. The number of hydrogen-bond donors (Lipinski definition) is 2. The minimum atomic E-state index is -3.22. The van der Waals surface area contributed by atoms with Crippen molar-refractivity contribution in [3.63, 3.8) is 0 Å². The van der Waals surface area contributed by atoms with Gasteiger partial charge >= 0.3 is 0 Å². The van der Waals surface area contributed by atoms with Gasteiger partial charge in [-0.2, -0.15) is 8.78 Å². The topological polar surface area (TPSA) is 71.3 Å². The van der Waals surface area contributed by atoms with E-state index < -0.39 is 15.8 Å². The van der Waals surface area contributed by atoms with Gasteiger partial charge in [0.15, 0.2) is 0 Å². The predicted octanol–water partition coefficient (Wildman–Crippen LogP) is 1.37. The van der Waals surface area contributed by atoms with E-state index in [-0.39, 0.29) is 18.1 Å². The number of furan rings is 1. The molecule has 1 aromatic rings. The van der Waals surface area contributed by atoms with Crippen molar-refractivity contribution >= 4 is 21.8 Å². The average molecular weight is 314 g/mol. The zero-order valence-corrected chi connectivity index (χ0v) is 12.0. The molecule has 0 aliphatic carbocycles. The summed E-state index contributed by atoms with van der Waals surface area (Å²) in [5.74, 6) is -1.26. The first-order chi connectivity index (χ1) is 8.93. The fourth-order valence-corrected chi connectivity index (χ4v) is 2.32. The summed E-state index contributed by atoms with van der Waals surface area (Å²) in [6.07, 6.45) is 0. The van der Waals surface area contributed by atoms with Crippen LogP contribution < -0.4 is 10.0 Å². The Morgan fingerprint density at radius 3 is 2.68 bits per heavy atom. The van der Waals surface area contributed by atoms with Gasteiger partial charge in [0.25, 0.3) is 5.76 Å². The van der Waals surface area contributed by atoms with Crippen LogP contribution in [0.25, 0.3) is 0 Å². The summed E-state index contributed by atoms with van der Waals surface area (Å²) in [6.45, 7) is 0.642. The highest BCUT2D eigenvalue weighted by Gasteiger charge is 2.08. The van der Waals surface area contributed by atoms with Crippen LogP contribution in [-0.2, 0) is 22.3 Å². The molecule has 1 rings (SSSR count). The van der Waals surface area contributed by atoms with Crippen LogP contribution in [-0.4, -0.2) is 33.5 Å². The highest BCUT2D eigenvalue weighted by Crippen LogP contribution is 2.21. The molecule has 0 aromatic carbocycles. The molecule has 5 nitrogen and oxygen atoms in total. The molecule has 0 aliphatic heterocycles. The van der Waals surface area contributed by atoms with E-state index in [2.05, 4.69) is 10.0 Å². The van der Waals surface area contributed by atoms with Crippen LogP contribution in [0.1, 0.15) is 11.5 Å². The first-order valence-electron chi connectivity index (χ1n) is 5.52. The minimum Gasteiger partial charge on any atom is -0.464 e. The van der Waals surface area contributed by atoms with E-state index in [0.717, 1.165) is 0 Å². The molecule has 2 N–H and O–H groups in total. The van der Waals surface area contributed by atoms with Crippen molar-refractivity contribution in [2.75, 3.05) is 19.3 Å². The Morgan fingerprint density at radius 2 is 2.05 bits per heavy atom. The second kappa shape index (κ2) is 7.83. The lowest BCUT2D eigenvalue weighted by Gasteiger charge is -2.03. The van der Waals surface area contributed by atoms with E-state index in [4.69, 9.17) is 4.42 Å². The molecule has 0 fully saturated rings. The monoisotopic (exact) mass is 314 g/mol. The van der Waals surface area contributed by atoms with Gasteiger partial charge < -0.3 is 9.73 Å². The van der Waals surface area contributed by atoms with E-state index in [1.165, 1.54) is 7.05 Å². The van der Waals surface area contributed by atoms with Gasteiger partial charge in [0.05, 0.1) is 18.1 Å². The van der Waals surface area contributed by atoms with E-state index in [0.29, 0.717) is 29.8 Å². The zero-order valence-electron chi connectivity index (χ0n) is 10.4. The van der Waals surface area contributed by atoms with Crippen molar-refractivity contribution in [2.45, 2.75) is 18.1 Å². The Bertz CT molecular complexity index is 477. The molecule has 0 saturated heterocycles. The normalized spacial score (nSPS) is 12.2. The molecule has 0 saturated carbocycles. The lowest BCUT2D eigenvalue weighted by atomic mass is 10.4. The molecule has 19 heavy (non-hydrogen) atoms. The fraction of sp³-hybridized carbons (Fsp3) is 0.600. The maximum absolute atomic E-state index is 12.0. The fourth-order valence-electron chi connectivity index (χ4n) is 1.26. The predicted molar refractivity (Wildman–Crippen MR) is 70.6 cm³/mol. The smallest absolute Gasteiger partial charge is 0.284 e. The maximum atomic E-state index is 12.0. The Labute approximate surface area is 115 Å². The van der Waals surface area contributed by atoms with Crippen molar-refractivity contribution in [2.24, 2.45) is 0 Å². The highest BCUT2D eigenvalue weighted by atomic mass is 32.2. The molecule has 0 unspecified atom stereocenters. The Hall–Kier alpha value is -0.640. The van der Waals surface area contributed by atoms with Crippen molar-refractivity contribution in [1.82, 2.24) is 10.0 Å². The summed E-state index contributed by atoms with van der Waals surface area (Å²) in [4.78, 5) is 0. The number of alkyl halides is 2. The molecule has 110 valence electrons. The van der Waals surface area contributed by atoms with E-state index in [9.17, 15) is 17.2 Å². The molecule has 0 spiro atoms. The summed E-state index contributed by atoms with van der Waals surface area (Å²) in [6, 6.07) is 3.32. The third-order valence-electron chi connectivity index (χ3n) is 2.23. The molecule has 1 aromatic heterocycles. The third kappa shape index (κ3) is 6.90. The van der Waals surface area contributed by atoms with E-state index in [1.54, 1.807) is 12.1 Å². The van der Waals surface area contributed by atoms with Crippen molar-refractivity contribution < 1.29 is 21.6 Å². The standard InChI is InChI=1S/C10H16F2N2O3S2/c1-13-19(15,16)5-4-14-6-8-2-3-9(17-8)7-18-10(11)12/h2-3,10,13-14H,4-7H2,1H3. The van der Waals surface area contributed by atoms with Crippen LogP contribution >= 0.6 is 11.8 Å². The third-order valence-corrected chi connectivity index (χ3v) is 4.29. The number of hydrogen-bond acceptors (Lipinski definition) is 5. The molecule has 0 radical (unpaired) electrons. The Balaban J connectivity index is 2.27. The van der Waals surface area contributed by atoms with E-state index >= 15 is 0 Å². The van der Waals surface area contributed by atoms with Crippen molar-refractivity contribution in [3.8, 4) is 0 Å². The SMILES string of the molecule is CNS(=O)(=O)CCNCc1ccc(CSC(F)F)o1. The molecular formula is C10H16F2N2O3S2. The highest BCUT2D eigenvalue weighted by molar-refractivity contribution is 7.98. The lowest BCUT2D eigenvalue weighted by Crippen LogP contribution is -2.29. The number of nitrogens with one attached hydrogen (secondary N) is 2. The van der Waals surface area contributed by atoms with Gasteiger partial charge in [-0.15, -0.1) is 0 Å². The van der Waals surface area contributed by atoms with Gasteiger partial charge in [0.2, 0.25) is 10.0 Å². The van der Waals surface area contributed by atoms with Crippen molar-refractivity contribution in [3.05, 3.63) is 23.7 Å².